The Balaban J connectivity index is 2.90. The Hall–Kier alpha value is -1.62. The summed E-state index contributed by atoms with van der Waals surface area (Å²) in [7, 11) is -3.38. The quantitative estimate of drug-likeness (QED) is 0.222. The van der Waals surface area contributed by atoms with Gasteiger partial charge in [-0.3, -0.25) is 9.11 Å². The minimum Gasteiger partial charge on any atom is -0.387 e. The molecule has 162 valence electrons. The molecule has 0 aromatic rings. The summed E-state index contributed by atoms with van der Waals surface area (Å²) in [6.45, 7) is 8.15. The molecule has 1 saturated heterocycles. The number of nitrogens with one attached hydrogen (secondary N) is 1. The SMILES string of the molecule is CC=C(Cl)CCC(C)S(O)(O)C(C)(C#N)C1OC1N=C(N)CC(=N)C(C)(C)C#N. The maximum atomic E-state index is 10.9. The Kier molecular flexibility index (Phi) is 8.29. The Bertz CT molecular complexity index is 784. The predicted molar refractivity (Wildman–Crippen MR) is 117 cm³/mol. The molecule has 1 heterocycles. The molecule has 4 unspecified atom stereocenters. The van der Waals surface area contributed by atoms with Crippen LogP contribution in [0.3, 0.4) is 0 Å². The van der Waals surface area contributed by atoms with Gasteiger partial charge in [-0.15, -0.1) is 0 Å². The largest absolute Gasteiger partial charge is 0.387 e. The Morgan fingerprint density at radius 1 is 1.38 bits per heavy atom. The number of aliphatic imine (C=N–C) groups is 1. The fourth-order valence-corrected chi connectivity index (χ4v) is 4.69. The summed E-state index contributed by atoms with van der Waals surface area (Å²) in [6.07, 6.45) is 1.00. The van der Waals surface area contributed by atoms with Crippen LogP contribution in [-0.2, 0) is 4.74 Å². The molecular formula is C19H30ClN5O3S. The van der Waals surface area contributed by atoms with Crippen LogP contribution in [0, 0.1) is 33.5 Å². The molecule has 5 N–H and O–H groups in total. The van der Waals surface area contributed by atoms with Gasteiger partial charge in [-0.05, 0) is 47.5 Å². The fraction of sp³-hybridized carbons (Fsp3) is 0.684. The molecule has 1 fully saturated rings. The molecule has 0 spiro atoms. The molecule has 1 aliphatic heterocycles. The van der Waals surface area contributed by atoms with E-state index >= 15 is 0 Å². The van der Waals surface area contributed by atoms with Gasteiger partial charge in [0.25, 0.3) is 0 Å². The van der Waals surface area contributed by atoms with Crippen molar-refractivity contribution in [2.45, 2.75) is 76.2 Å². The average Bonchev–Trinajstić information content (AvgIpc) is 3.43. The number of nitriles is 2. The lowest BCUT2D eigenvalue weighted by Gasteiger charge is -2.47. The van der Waals surface area contributed by atoms with Gasteiger partial charge in [-0.1, -0.05) is 17.7 Å². The maximum Gasteiger partial charge on any atom is 0.180 e. The monoisotopic (exact) mass is 443 g/mol. The molecule has 1 aliphatic rings. The Morgan fingerprint density at radius 3 is 2.45 bits per heavy atom. The molecule has 0 amide bonds. The predicted octanol–water partition coefficient (Wildman–Crippen LogP) is 4.37. The lowest BCUT2D eigenvalue weighted by molar-refractivity contribution is 0.341. The van der Waals surface area contributed by atoms with Crippen LogP contribution in [0.25, 0.3) is 0 Å². The van der Waals surface area contributed by atoms with Crippen molar-refractivity contribution in [1.82, 2.24) is 0 Å². The molecule has 4 atom stereocenters. The summed E-state index contributed by atoms with van der Waals surface area (Å²) < 4.78 is 25.6. The van der Waals surface area contributed by atoms with Crippen LogP contribution < -0.4 is 5.73 Å². The van der Waals surface area contributed by atoms with E-state index < -0.39 is 38.3 Å². The van der Waals surface area contributed by atoms with Gasteiger partial charge in [0.15, 0.2) is 11.0 Å². The van der Waals surface area contributed by atoms with E-state index in [2.05, 4.69) is 4.99 Å². The third-order valence-electron chi connectivity index (χ3n) is 5.21. The van der Waals surface area contributed by atoms with Gasteiger partial charge < -0.3 is 15.9 Å². The van der Waals surface area contributed by atoms with E-state index in [1.54, 1.807) is 33.8 Å². The van der Waals surface area contributed by atoms with Crippen molar-refractivity contribution < 1.29 is 13.8 Å². The number of nitrogens with two attached hydrogens (primary N) is 1. The average molecular weight is 444 g/mol. The molecular weight excluding hydrogens is 414 g/mol. The van der Waals surface area contributed by atoms with E-state index in [0.29, 0.717) is 17.9 Å². The number of amidine groups is 1. The summed E-state index contributed by atoms with van der Waals surface area (Å²) in [5, 5.41) is 26.8. The molecule has 0 aliphatic carbocycles. The van der Waals surface area contributed by atoms with Crippen LogP contribution in [-0.4, -0.2) is 43.0 Å². The summed E-state index contributed by atoms with van der Waals surface area (Å²) in [5.74, 6) is 0.0931. The van der Waals surface area contributed by atoms with E-state index in [0.717, 1.165) is 0 Å². The number of allylic oxidation sites excluding steroid dienone is 2. The fourth-order valence-electron chi connectivity index (χ4n) is 2.65. The van der Waals surface area contributed by atoms with E-state index in [9.17, 15) is 14.4 Å². The van der Waals surface area contributed by atoms with Crippen LogP contribution in [0.15, 0.2) is 16.1 Å². The van der Waals surface area contributed by atoms with Crippen LogP contribution in [0.5, 0.6) is 0 Å². The lowest BCUT2D eigenvalue weighted by Crippen LogP contribution is -2.41. The van der Waals surface area contributed by atoms with E-state index in [1.165, 1.54) is 6.92 Å². The van der Waals surface area contributed by atoms with Crippen LogP contribution in [0.1, 0.15) is 53.9 Å². The van der Waals surface area contributed by atoms with E-state index in [1.807, 2.05) is 12.1 Å². The highest BCUT2D eigenvalue weighted by atomic mass is 35.5. The van der Waals surface area contributed by atoms with Gasteiger partial charge in [0.2, 0.25) is 0 Å². The molecule has 10 heteroatoms. The highest BCUT2D eigenvalue weighted by Crippen LogP contribution is 2.62. The first kappa shape index (κ1) is 25.4. The van der Waals surface area contributed by atoms with E-state index in [4.69, 9.17) is 32.7 Å². The van der Waals surface area contributed by atoms with Gasteiger partial charge >= 0.3 is 0 Å². The zero-order chi connectivity index (χ0) is 22.6. The number of halogens is 1. The standard InChI is InChI=1S/C19H30ClN5O3S/c1-6-13(20)8-7-12(2)29(26,27)19(5,11-22)16-17(28-16)25-15(24)9-14(23)18(3,4)10-21/h6,12,16-17,23,26-27H,7-9H2,1-5H3,(H2,24,25). The number of hydrogen-bond donors (Lipinski definition) is 4. The van der Waals surface area contributed by atoms with Crippen LogP contribution in [0.4, 0.5) is 0 Å². The summed E-state index contributed by atoms with van der Waals surface area (Å²) in [4.78, 5) is 4.16. The molecule has 1 rings (SSSR count). The van der Waals surface area contributed by atoms with Crippen molar-refractivity contribution >= 4 is 33.7 Å². The smallest absolute Gasteiger partial charge is 0.180 e. The lowest BCUT2D eigenvalue weighted by atomic mass is 9.87. The second-order valence-corrected chi connectivity index (χ2v) is 11.2. The normalized spacial score (nSPS) is 24.1. The van der Waals surface area contributed by atoms with Gasteiger partial charge in [0, 0.05) is 22.4 Å². The van der Waals surface area contributed by atoms with Gasteiger partial charge in [-0.2, -0.15) is 21.1 Å². The van der Waals surface area contributed by atoms with Crippen molar-refractivity contribution in [2.24, 2.45) is 16.1 Å². The minimum atomic E-state index is -3.38. The maximum absolute atomic E-state index is 10.9. The topological polar surface area (TPSA) is 163 Å². The zero-order valence-corrected chi connectivity index (χ0v) is 19.0. The molecule has 0 aromatic heterocycles. The number of nitrogens with zero attached hydrogens (tertiary/aromatic N) is 3. The summed E-state index contributed by atoms with van der Waals surface area (Å²) in [5.41, 5.74) is 5.02. The van der Waals surface area contributed by atoms with E-state index in [-0.39, 0.29) is 18.0 Å². The number of ether oxygens (including phenoxy) is 1. The minimum absolute atomic E-state index is 0.00902. The second-order valence-electron chi connectivity index (χ2n) is 7.86. The third-order valence-corrected chi connectivity index (χ3v) is 8.54. The van der Waals surface area contributed by atoms with Crippen molar-refractivity contribution in [3.63, 3.8) is 0 Å². The third kappa shape index (κ3) is 5.71. The highest BCUT2D eigenvalue weighted by molar-refractivity contribution is 8.26. The van der Waals surface area contributed by atoms with Gasteiger partial charge in [-0.25, -0.2) is 4.99 Å². The molecule has 0 saturated carbocycles. The highest BCUT2D eigenvalue weighted by Gasteiger charge is 2.61. The van der Waals surface area contributed by atoms with Crippen molar-refractivity contribution in [3.8, 4) is 12.1 Å². The summed E-state index contributed by atoms with van der Waals surface area (Å²) >= 11 is 6.00. The first-order chi connectivity index (χ1) is 13.3. The summed E-state index contributed by atoms with van der Waals surface area (Å²) in [6, 6.07) is 4.04. The molecule has 29 heavy (non-hydrogen) atoms. The Morgan fingerprint density at radius 2 is 1.97 bits per heavy atom. The molecule has 0 bridgehead atoms. The first-order valence-corrected chi connectivity index (χ1v) is 11.2. The number of epoxide rings is 1. The van der Waals surface area contributed by atoms with Crippen molar-refractivity contribution in [3.05, 3.63) is 11.1 Å². The molecule has 0 radical (unpaired) electrons. The van der Waals surface area contributed by atoms with Crippen LogP contribution in [0.2, 0.25) is 0 Å². The van der Waals surface area contributed by atoms with Crippen molar-refractivity contribution in [2.75, 3.05) is 0 Å². The molecule has 0 aromatic carbocycles. The van der Waals surface area contributed by atoms with Gasteiger partial charge in [0.1, 0.15) is 11.9 Å². The number of hydrogen-bond acceptors (Lipinski definition) is 7. The van der Waals surface area contributed by atoms with Gasteiger partial charge in [0.05, 0.1) is 17.6 Å². The molecule has 8 nitrogen and oxygen atoms in total. The Labute approximate surface area is 179 Å². The number of rotatable bonds is 10. The second kappa shape index (κ2) is 9.46. The first-order valence-electron chi connectivity index (χ1n) is 9.22. The van der Waals surface area contributed by atoms with Crippen molar-refractivity contribution in [1.29, 1.82) is 15.9 Å². The zero-order valence-electron chi connectivity index (χ0n) is 17.4. The van der Waals surface area contributed by atoms with Crippen LogP contribution >= 0.6 is 22.2 Å².